The molecule has 0 spiro atoms. The van der Waals surface area contributed by atoms with Gasteiger partial charge in [-0.1, -0.05) is 49.5 Å². The summed E-state index contributed by atoms with van der Waals surface area (Å²) in [5.41, 5.74) is 6.95. The number of aliphatic hydroxyl groups is 1. The maximum atomic E-state index is 8.98. The molecule has 1 unspecified atom stereocenters. The predicted octanol–water partition coefficient (Wildman–Crippen LogP) is 1.37. The highest BCUT2D eigenvalue weighted by atomic mass is 32.1. The van der Waals surface area contributed by atoms with Crippen molar-refractivity contribution in [3.63, 3.8) is 0 Å². The fourth-order valence-corrected chi connectivity index (χ4v) is 2.03. The number of thiocarbonyl (C=S) groups is 1. The molecule has 0 saturated carbocycles. The fourth-order valence-electron chi connectivity index (χ4n) is 1.82. The molecule has 0 aliphatic carbocycles. The van der Waals surface area contributed by atoms with Gasteiger partial charge in [-0.05, 0) is 12.1 Å². The van der Waals surface area contributed by atoms with Gasteiger partial charge in [0.15, 0.2) is 0 Å². The first-order valence-corrected chi connectivity index (χ1v) is 6.27. The zero-order chi connectivity index (χ0) is 12.7. The van der Waals surface area contributed by atoms with E-state index in [1.165, 1.54) is 0 Å². The van der Waals surface area contributed by atoms with Gasteiger partial charge in [0, 0.05) is 19.0 Å². The number of hydrogen-bond donors (Lipinski definition) is 2. The minimum atomic E-state index is 0.0534. The minimum absolute atomic E-state index is 0.0534. The zero-order valence-corrected chi connectivity index (χ0v) is 11.0. The van der Waals surface area contributed by atoms with Crippen LogP contribution in [-0.2, 0) is 0 Å². The van der Waals surface area contributed by atoms with E-state index in [-0.39, 0.29) is 12.5 Å². The number of likely N-dealkylation sites (N-methyl/N-ethyl adjacent to an activating group) is 1. The predicted molar refractivity (Wildman–Crippen MR) is 75.2 cm³/mol. The lowest BCUT2D eigenvalue weighted by molar-refractivity contribution is 0.201. The Hall–Kier alpha value is -0.970. The van der Waals surface area contributed by atoms with Gasteiger partial charge in [0.1, 0.15) is 0 Å². The van der Waals surface area contributed by atoms with E-state index in [0.717, 1.165) is 18.7 Å². The summed E-state index contributed by atoms with van der Waals surface area (Å²) in [6.45, 7) is 4.52. The molecule has 0 radical (unpaired) electrons. The van der Waals surface area contributed by atoms with Gasteiger partial charge in [-0.2, -0.15) is 0 Å². The summed E-state index contributed by atoms with van der Waals surface area (Å²) < 4.78 is 0. The average Bonchev–Trinajstić information content (AvgIpc) is 2.35. The van der Waals surface area contributed by atoms with E-state index in [9.17, 15) is 0 Å². The highest BCUT2D eigenvalue weighted by Crippen LogP contribution is 2.17. The number of nitrogens with two attached hydrogens (primary N) is 1. The van der Waals surface area contributed by atoms with Gasteiger partial charge >= 0.3 is 0 Å². The van der Waals surface area contributed by atoms with Crippen molar-refractivity contribution in [1.82, 2.24) is 4.90 Å². The first-order chi connectivity index (χ1) is 8.19. The van der Waals surface area contributed by atoms with Gasteiger partial charge in [0.05, 0.1) is 11.6 Å². The number of nitrogens with zero attached hydrogens (tertiary/aromatic N) is 1. The lowest BCUT2D eigenvalue weighted by Crippen LogP contribution is -2.35. The third-order valence-electron chi connectivity index (χ3n) is 2.85. The Morgan fingerprint density at radius 2 is 2.06 bits per heavy atom. The minimum Gasteiger partial charge on any atom is -0.395 e. The second-order valence-electron chi connectivity index (χ2n) is 3.98. The number of benzene rings is 1. The number of hydrogen-bond acceptors (Lipinski definition) is 3. The monoisotopic (exact) mass is 252 g/mol. The van der Waals surface area contributed by atoms with Crippen LogP contribution in [0.5, 0.6) is 0 Å². The highest BCUT2D eigenvalue weighted by molar-refractivity contribution is 7.80. The molecule has 0 heterocycles. The van der Waals surface area contributed by atoms with Crippen LogP contribution in [0, 0.1) is 0 Å². The van der Waals surface area contributed by atoms with Gasteiger partial charge < -0.3 is 15.7 Å². The summed E-state index contributed by atoms with van der Waals surface area (Å²) in [7, 11) is 0. The van der Waals surface area contributed by atoms with E-state index in [1.54, 1.807) is 0 Å². The Morgan fingerprint density at radius 3 is 2.53 bits per heavy atom. The lowest BCUT2D eigenvalue weighted by Gasteiger charge is -2.25. The molecule has 0 aromatic heterocycles. The van der Waals surface area contributed by atoms with E-state index in [4.69, 9.17) is 23.1 Å². The highest BCUT2D eigenvalue weighted by Gasteiger charge is 2.17. The second kappa shape index (κ2) is 7.37. The molecule has 4 heteroatoms. The quantitative estimate of drug-likeness (QED) is 0.720. The molecule has 1 atom stereocenters. The molecule has 0 amide bonds. The summed E-state index contributed by atoms with van der Waals surface area (Å²) in [6, 6.07) is 10.0. The van der Waals surface area contributed by atoms with Crippen molar-refractivity contribution in [1.29, 1.82) is 0 Å². The Morgan fingerprint density at radius 1 is 1.41 bits per heavy atom. The van der Waals surface area contributed by atoms with E-state index < -0.39 is 0 Å². The Bertz CT molecular complexity index is 343. The summed E-state index contributed by atoms with van der Waals surface area (Å²) in [4.78, 5) is 2.66. The van der Waals surface area contributed by atoms with Crippen molar-refractivity contribution in [3.8, 4) is 0 Å². The van der Waals surface area contributed by atoms with Crippen LogP contribution in [0.4, 0.5) is 0 Å². The van der Waals surface area contributed by atoms with Crippen LogP contribution in [0.15, 0.2) is 30.3 Å². The van der Waals surface area contributed by atoms with E-state index >= 15 is 0 Å². The Labute approximate surface area is 108 Å². The summed E-state index contributed by atoms with van der Waals surface area (Å²) >= 11 is 5.14. The largest absolute Gasteiger partial charge is 0.395 e. The summed E-state index contributed by atoms with van der Waals surface area (Å²) in [5.74, 6) is 0.0534. The topological polar surface area (TPSA) is 49.5 Å². The SMILES string of the molecule is CCN(CCO)CC(C(N)=S)c1ccccc1. The first-order valence-electron chi connectivity index (χ1n) is 5.86. The molecule has 0 aliphatic heterocycles. The smallest absolute Gasteiger partial charge is 0.0816 e. The molecule has 1 aromatic carbocycles. The maximum absolute atomic E-state index is 8.98. The molecular formula is C13H20N2OS. The summed E-state index contributed by atoms with van der Waals surface area (Å²) in [6.07, 6.45) is 0. The van der Waals surface area contributed by atoms with Crippen molar-refractivity contribution in [2.24, 2.45) is 5.73 Å². The van der Waals surface area contributed by atoms with E-state index in [1.807, 2.05) is 30.3 Å². The maximum Gasteiger partial charge on any atom is 0.0816 e. The van der Waals surface area contributed by atoms with E-state index in [2.05, 4.69) is 11.8 Å². The molecule has 3 nitrogen and oxygen atoms in total. The molecule has 0 saturated heterocycles. The number of rotatable bonds is 7. The molecule has 94 valence electrons. The second-order valence-corrected chi connectivity index (χ2v) is 4.45. The third-order valence-corrected chi connectivity index (χ3v) is 3.13. The van der Waals surface area contributed by atoms with Crippen LogP contribution in [0.2, 0.25) is 0 Å². The normalized spacial score (nSPS) is 12.6. The molecule has 1 aromatic rings. The van der Waals surface area contributed by atoms with Crippen LogP contribution in [0.1, 0.15) is 18.4 Å². The third kappa shape index (κ3) is 4.42. The van der Waals surface area contributed by atoms with Gasteiger partial charge in [0.2, 0.25) is 0 Å². The van der Waals surface area contributed by atoms with Gasteiger partial charge in [-0.25, -0.2) is 0 Å². The average molecular weight is 252 g/mol. The van der Waals surface area contributed by atoms with Crippen molar-refractivity contribution in [3.05, 3.63) is 35.9 Å². The van der Waals surface area contributed by atoms with Crippen LogP contribution in [-0.4, -0.2) is 41.2 Å². The van der Waals surface area contributed by atoms with Crippen molar-refractivity contribution >= 4 is 17.2 Å². The molecule has 0 aliphatic rings. The standard InChI is InChI=1S/C13H20N2OS/c1-2-15(8-9-16)10-12(13(14)17)11-6-4-3-5-7-11/h3-7,12,16H,2,8-10H2,1H3,(H2,14,17). The number of aliphatic hydroxyl groups excluding tert-OH is 1. The summed E-state index contributed by atoms with van der Waals surface area (Å²) in [5, 5.41) is 8.98. The van der Waals surface area contributed by atoms with Crippen molar-refractivity contribution in [2.45, 2.75) is 12.8 Å². The molecule has 0 bridgehead atoms. The Kier molecular flexibility index (Phi) is 6.11. The van der Waals surface area contributed by atoms with Gasteiger partial charge in [-0.3, -0.25) is 0 Å². The van der Waals surface area contributed by atoms with Gasteiger partial charge in [0.25, 0.3) is 0 Å². The van der Waals surface area contributed by atoms with Crippen molar-refractivity contribution in [2.75, 3.05) is 26.2 Å². The Balaban J connectivity index is 2.77. The molecular weight excluding hydrogens is 232 g/mol. The van der Waals surface area contributed by atoms with Crippen LogP contribution in [0.25, 0.3) is 0 Å². The molecule has 0 fully saturated rings. The molecule has 1 rings (SSSR count). The lowest BCUT2D eigenvalue weighted by atomic mass is 9.98. The zero-order valence-electron chi connectivity index (χ0n) is 10.2. The van der Waals surface area contributed by atoms with Crippen LogP contribution < -0.4 is 5.73 Å². The fraction of sp³-hybridized carbons (Fsp3) is 0.462. The first kappa shape index (κ1) is 14.1. The molecule has 17 heavy (non-hydrogen) atoms. The van der Waals surface area contributed by atoms with Crippen molar-refractivity contribution < 1.29 is 5.11 Å². The molecule has 3 N–H and O–H groups in total. The van der Waals surface area contributed by atoms with Crippen LogP contribution in [0.3, 0.4) is 0 Å². The van der Waals surface area contributed by atoms with Gasteiger partial charge in [-0.15, -0.1) is 0 Å². The van der Waals surface area contributed by atoms with Crippen LogP contribution >= 0.6 is 12.2 Å². The van der Waals surface area contributed by atoms with E-state index in [0.29, 0.717) is 11.5 Å².